The van der Waals surface area contributed by atoms with E-state index in [0.717, 1.165) is 18.2 Å². The maximum absolute atomic E-state index is 14.4. The molecular formula is C20H16F4N6O2. The van der Waals surface area contributed by atoms with Crippen LogP contribution in [0.2, 0.25) is 0 Å². The number of hydrogen-bond acceptors (Lipinski definition) is 6. The van der Waals surface area contributed by atoms with Crippen molar-refractivity contribution in [1.29, 1.82) is 0 Å². The highest BCUT2D eigenvalue weighted by Crippen LogP contribution is 2.25. The van der Waals surface area contributed by atoms with Crippen LogP contribution >= 0.6 is 0 Å². The van der Waals surface area contributed by atoms with Crippen LogP contribution in [0.5, 0.6) is 0 Å². The minimum absolute atomic E-state index is 0.0614. The fraction of sp³-hybridized carbons (Fsp3) is 0.150. The minimum atomic E-state index is -4.89. The maximum Gasteiger partial charge on any atom is 0.573 e. The van der Waals surface area contributed by atoms with Crippen molar-refractivity contribution in [2.24, 2.45) is 0 Å². The Morgan fingerprint density at radius 1 is 1.31 bits per heavy atom. The Hall–Kier alpha value is -4.09. The van der Waals surface area contributed by atoms with Crippen LogP contribution in [0.1, 0.15) is 29.0 Å². The van der Waals surface area contributed by atoms with Gasteiger partial charge in [0.2, 0.25) is 0 Å². The molecule has 1 N–H and O–H groups in total. The molecule has 0 aliphatic carbocycles. The van der Waals surface area contributed by atoms with Crippen LogP contribution in [-0.2, 0) is 4.74 Å². The summed E-state index contributed by atoms with van der Waals surface area (Å²) >= 11 is 0. The van der Waals surface area contributed by atoms with Gasteiger partial charge in [-0.3, -0.25) is 9.78 Å². The van der Waals surface area contributed by atoms with Crippen molar-refractivity contribution < 1.29 is 27.1 Å². The number of halogens is 4. The largest absolute Gasteiger partial charge is 0.573 e. The molecule has 32 heavy (non-hydrogen) atoms. The summed E-state index contributed by atoms with van der Waals surface area (Å²) < 4.78 is 57.1. The number of amides is 1. The zero-order chi connectivity index (χ0) is 23.3. The number of fused-ring (bicyclic) bond motifs is 1. The molecule has 0 aromatic carbocycles. The highest BCUT2D eigenvalue weighted by Gasteiger charge is 2.31. The Morgan fingerprint density at radius 3 is 2.78 bits per heavy atom. The number of tetrazole rings is 1. The molecule has 3 rings (SSSR count). The van der Waals surface area contributed by atoms with Crippen molar-refractivity contribution in [2.45, 2.75) is 19.3 Å². The molecule has 1 atom stereocenters. The van der Waals surface area contributed by atoms with Crippen molar-refractivity contribution in [1.82, 2.24) is 30.3 Å². The molecule has 0 bridgehead atoms. The number of nitrogens with zero attached hydrogens (tertiary/aromatic N) is 5. The van der Waals surface area contributed by atoms with Gasteiger partial charge in [0.25, 0.3) is 5.91 Å². The number of aromatic nitrogens is 5. The number of ether oxygens (including phenoxy) is 1. The van der Waals surface area contributed by atoms with E-state index in [1.165, 1.54) is 48.1 Å². The number of hydrogen-bond donors (Lipinski definition) is 1. The average molecular weight is 448 g/mol. The molecule has 3 aromatic heterocycles. The predicted octanol–water partition coefficient (Wildman–Crippen LogP) is 3.68. The number of allylic oxidation sites excluding steroid dienone is 2. The molecule has 0 radical (unpaired) electrons. The van der Waals surface area contributed by atoms with E-state index in [1.54, 1.807) is 0 Å². The summed E-state index contributed by atoms with van der Waals surface area (Å²) in [7, 11) is 0. The summed E-state index contributed by atoms with van der Waals surface area (Å²) in [6.45, 7) is 5.10. The Morgan fingerprint density at radius 2 is 2.09 bits per heavy atom. The lowest BCUT2D eigenvalue weighted by atomic mass is 10.0. The normalized spacial score (nSPS) is 13.3. The van der Waals surface area contributed by atoms with E-state index in [0.29, 0.717) is 5.65 Å². The second-order valence-corrected chi connectivity index (χ2v) is 6.32. The van der Waals surface area contributed by atoms with Crippen LogP contribution in [0.25, 0.3) is 5.65 Å². The number of nitrogens with one attached hydrogen (secondary N) is 1. The summed E-state index contributed by atoms with van der Waals surface area (Å²) in [6.07, 6.45) is 1.15. The van der Waals surface area contributed by atoms with E-state index in [2.05, 4.69) is 37.1 Å². The van der Waals surface area contributed by atoms with E-state index in [-0.39, 0.29) is 16.8 Å². The van der Waals surface area contributed by atoms with Crippen LogP contribution in [0.4, 0.5) is 17.6 Å². The van der Waals surface area contributed by atoms with Crippen molar-refractivity contribution in [3.05, 3.63) is 89.9 Å². The van der Waals surface area contributed by atoms with Gasteiger partial charge >= 0.3 is 6.36 Å². The van der Waals surface area contributed by atoms with Crippen molar-refractivity contribution in [3.63, 3.8) is 0 Å². The Balaban J connectivity index is 1.88. The first-order valence-electron chi connectivity index (χ1n) is 9.06. The summed E-state index contributed by atoms with van der Waals surface area (Å²) in [4.78, 5) is 16.8. The van der Waals surface area contributed by atoms with Gasteiger partial charge in [-0.15, -0.1) is 18.3 Å². The minimum Gasteiger partial charge on any atom is -0.406 e. The van der Waals surface area contributed by atoms with Gasteiger partial charge in [-0.1, -0.05) is 12.7 Å². The van der Waals surface area contributed by atoms with Crippen LogP contribution < -0.4 is 5.32 Å². The van der Waals surface area contributed by atoms with E-state index in [9.17, 15) is 22.4 Å². The number of carbonyl (C=O) groups is 1. The number of rotatable bonds is 7. The van der Waals surface area contributed by atoms with Crippen molar-refractivity contribution in [2.75, 3.05) is 0 Å². The molecule has 3 aromatic rings. The van der Waals surface area contributed by atoms with Crippen LogP contribution in [0, 0.1) is 5.82 Å². The van der Waals surface area contributed by atoms with Gasteiger partial charge in [-0.25, -0.2) is 8.91 Å². The summed E-state index contributed by atoms with van der Waals surface area (Å²) in [5.74, 6) is -1.87. The van der Waals surface area contributed by atoms with Gasteiger partial charge < -0.3 is 10.1 Å². The molecule has 166 valence electrons. The van der Waals surface area contributed by atoms with E-state index in [4.69, 9.17) is 0 Å². The lowest BCUT2D eigenvalue weighted by Gasteiger charge is -2.20. The molecule has 0 fully saturated rings. The molecule has 0 spiro atoms. The van der Waals surface area contributed by atoms with Crippen LogP contribution in [0.15, 0.2) is 72.8 Å². The lowest BCUT2D eigenvalue weighted by molar-refractivity contribution is -0.303. The molecule has 3 heterocycles. The topological polar surface area (TPSA) is 94.3 Å². The molecule has 8 nitrogen and oxygen atoms in total. The third-order valence-corrected chi connectivity index (χ3v) is 4.15. The molecule has 0 unspecified atom stereocenters. The molecule has 12 heteroatoms. The number of alkyl halides is 3. The van der Waals surface area contributed by atoms with Crippen molar-refractivity contribution in [3.8, 4) is 0 Å². The SMILES string of the molecule is C=C(/C=C\C(=C/C)OC(F)(F)F)[C@H](NC(=O)c1ccn2nnnc2c1)c1ncccc1F. The second-order valence-electron chi connectivity index (χ2n) is 6.32. The van der Waals surface area contributed by atoms with Crippen molar-refractivity contribution >= 4 is 11.6 Å². The molecule has 0 saturated carbocycles. The Labute approximate surface area is 178 Å². The monoisotopic (exact) mass is 448 g/mol. The fourth-order valence-electron chi connectivity index (χ4n) is 2.65. The Kier molecular flexibility index (Phi) is 6.61. The van der Waals surface area contributed by atoms with Gasteiger partial charge in [0.15, 0.2) is 5.65 Å². The molecule has 0 saturated heterocycles. The quantitative estimate of drug-likeness (QED) is 0.337. The van der Waals surface area contributed by atoms with E-state index >= 15 is 0 Å². The van der Waals surface area contributed by atoms with Gasteiger partial charge in [0.05, 0.1) is 6.04 Å². The van der Waals surface area contributed by atoms with E-state index < -0.39 is 29.9 Å². The summed E-state index contributed by atoms with van der Waals surface area (Å²) in [5.41, 5.74) is 0.365. The van der Waals surface area contributed by atoms with Gasteiger partial charge in [-0.05, 0) is 59.3 Å². The van der Waals surface area contributed by atoms with Gasteiger partial charge in [0, 0.05) is 18.0 Å². The van der Waals surface area contributed by atoms with Gasteiger partial charge in [-0.2, -0.15) is 0 Å². The third-order valence-electron chi connectivity index (χ3n) is 4.15. The number of carbonyl (C=O) groups excluding carboxylic acids is 1. The average Bonchev–Trinajstić information content (AvgIpc) is 3.22. The zero-order valence-electron chi connectivity index (χ0n) is 16.5. The fourth-order valence-corrected chi connectivity index (χ4v) is 2.65. The van der Waals surface area contributed by atoms with E-state index in [1.807, 2.05) is 0 Å². The maximum atomic E-state index is 14.4. The second kappa shape index (κ2) is 9.37. The molecule has 1 amide bonds. The van der Waals surface area contributed by atoms with Gasteiger partial charge in [0.1, 0.15) is 17.3 Å². The first kappa shape index (κ1) is 22.6. The standard InChI is InChI=1S/C20H16F4N6O2/c1-3-14(32-20(22,23)24)7-6-12(2)17(18-15(21)5-4-9-25-18)26-19(31)13-8-10-30-16(11-13)27-28-29-30/h3-11,17H,2H2,1H3,(H,26,31)/b7-6-,14-3+/t17-/m0/s1. The molecule has 0 aliphatic heterocycles. The summed E-state index contributed by atoms with van der Waals surface area (Å²) in [6, 6.07) is 4.16. The highest BCUT2D eigenvalue weighted by molar-refractivity contribution is 5.95. The third kappa shape index (κ3) is 5.53. The lowest BCUT2D eigenvalue weighted by Crippen LogP contribution is -2.30. The van der Waals surface area contributed by atoms with Crippen LogP contribution in [-0.4, -0.2) is 37.3 Å². The first-order chi connectivity index (χ1) is 15.2. The number of pyridine rings is 2. The first-order valence-corrected chi connectivity index (χ1v) is 9.06. The Bertz CT molecular complexity index is 1200. The summed E-state index contributed by atoms with van der Waals surface area (Å²) in [5, 5.41) is 13.5. The zero-order valence-corrected chi connectivity index (χ0v) is 16.5. The predicted molar refractivity (Wildman–Crippen MR) is 104 cm³/mol. The van der Waals surface area contributed by atoms with Crippen LogP contribution in [0.3, 0.4) is 0 Å². The molecular weight excluding hydrogens is 432 g/mol. The molecule has 0 aliphatic rings. The smallest absolute Gasteiger partial charge is 0.406 e. The highest BCUT2D eigenvalue weighted by atomic mass is 19.4.